The number of ether oxygens (including phenoxy) is 1. The number of methoxy groups -OCH3 is 1. The van der Waals surface area contributed by atoms with Crippen LogP contribution in [0.4, 0.5) is 0 Å². The molecule has 0 saturated carbocycles. The molecule has 126 valence electrons. The summed E-state index contributed by atoms with van der Waals surface area (Å²) in [6, 6.07) is 11.8. The van der Waals surface area contributed by atoms with E-state index in [9.17, 15) is 0 Å². The quantitative estimate of drug-likeness (QED) is 0.841. The first-order valence-electron chi connectivity index (χ1n) is 8.61. The second-order valence-corrected chi connectivity index (χ2v) is 6.67. The third-order valence-electron chi connectivity index (χ3n) is 5.16. The molecule has 3 unspecified atom stereocenters. The smallest absolute Gasteiger partial charge is 0.243 e. The number of hydrogen-bond donors (Lipinski definition) is 0. The van der Waals surface area contributed by atoms with Crippen molar-refractivity contribution in [2.24, 2.45) is 0 Å². The highest BCUT2D eigenvalue weighted by Gasteiger charge is 2.41. The Morgan fingerprint density at radius 1 is 1.29 bits per heavy atom. The first-order chi connectivity index (χ1) is 11.8. The van der Waals surface area contributed by atoms with Crippen LogP contribution in [0.2, 0.25) is 0 Å². The van der Waals surface area contributed by atoms with Crippen molar-refractivity contribution in [2.75, 3.05) is 7.11 Å². The molecular formula is C19H23N3O2. The molecule has 1 aromatic carbocycles. The second kappa shape index (κ2) is 6.49. The Hall–Kier alpha value is -1.98. The molecule has 0 N–H and O–H groups in total. The summed E-state index contributed by atoms with van der Waals surface area (Å²) in [6.07, 6.45) is 5.94. The summed E-state index contributed by atoms with van der Waals surface area (Å²) in [5.41, 5.74) is 2.82. The lowest BCUT2D eigenvalue weighted by Gasteiger charge is -2.37. The van der Waals surface area contributed by atoms with E-state index in [4.69, 9.17) is 9.26 Å². The molecule has 1 saturated heterocycles. The molecule has 0 amide bonds. The third kappa shape index (κ3) is 2.78. The second-order valence-electron chi connectivity index (χ2n) is 6.67. The van der Waals surface area contributed by atoms with Crippen LogP contribution in [0, 0.1) is 0 Å². The Morgan fingerprint density at radius 2 is 2.12 bits per heavy atom. The fourth-order valence-corrected chi connectivity index (χ4v) is 4.09. The molecule has 0 radical (unpaired) electrons. The summed E-state index contributed by atoms with van der Waals surface area (Å²) in [6.45, 7) is 2.55. The van der Waals surface area contributed by atoms with Gasteiger partial charge in [-0.25, -0.2) is 0 Å². The van der Waals surface area contributed by atoms with E-state index in [1.807, 2.05) is 0 Å². The van der Waals surface area contributed by atoms with Crippen molar-refractivity contribution < 1.29 is 9.26 Å². The zero-order valence-electron chi connectivity index (χ0n) is 14.2. The predicted molar refractivity (Wildman–Crippen MR) is 91.1 cm³/mol. The topological polar surface area (TPSA) is 51.4 Å². The SMILES string of the molecule is COCc1noc(C(C)N2C3C=C(c4ccccc4)CC2CC3)n1. The molecule has 2 bridgehead atoms. The summed E-state index contributed by atoms with van der Waals surface area (Å²) in [5, 5.41) is 4.00. The summed E-state index contributed by atoms with van der Waals surface area (Å²) >= 11 is 0. The van der Waals surface area contributed by atoms with Gasteiger partial charge in [0, 0.05) is 19.2 Å². The van der Waals surface area contributed by atoms with Crippen LogP contribution < -0.4 is 0 Å². The first-order valence-corrected chi connectivity index (χ1v) is 8.61. The predicted octanol–water partition coefficient (Wildman–Crippen LogP) is 3.60. The number of benzene rings is 1. The first kappa shape index (κ1) is 15.5. The lowest BCUT2D eigenvalue weighted by molar-refractivity contribution is 0.128. The minimum absolute atomic E-state index is 0.133. The van der Waals surface area contributed by atoms with Gasteiger partial charge in [0.2, 0.25) is 5.89 Å². The van der Waals surface area contributed by atoms with Crippen molar-refractivity contribution in [2.45, 2.75) is 50.9 Å². The van der Waals surface area contributed by atoms with Gasteiger partial charge in [-0.05, 0) is 37.3 Å². The minimum atomic E-state index is 0.133. The Kier molecular flexibility index (Phi) is 4.21. The van der Waals surface area contributed by atoms with Crippen molar-refractivity contribution in [3.05, 3.63) is 53.7 Å². The van der Waals surface area contributed by atoms with E-state index in [-0.39, 0.29) is 6.04 Å². The van der Waals surface area contributed by atoms with Crippen molar-refractivity contribution in [3.8, 4) is 0 Å². The van der Waals surface area contributed by atoms with Crippen LogP contribution in [0.5, 0.6) is 0 Å². The largest absolute Gasteiger partial charge is 0.377 e. The molecular weight excluding hydrogens is 302 g/mol. The molecule has 0 spiro atoms. The molecule has 0 aliphatic carbocycles. The molecule has 3 heterocycles. The van der Waals surface area contributed by atoms with E-state index in [0.717, 1.165) is 6.42 Å². The van der Waals surface area contributed by atoms with Crippen LogP contribution in [0.1, 0.15) is 49.5 Å². The zero-order valence-corrected chi connectivity index (χ0v) is 14.2. The Morgan fingerprint density at radius 3 is 2.88 bits per heavy atom. The van der Waals surface area contributed by atoms with E-state index in [1.54, 1.807) is 7.11 Å². The van der Waals surface area contributed by atoms with Crippen LogP contribution >= 0.6 is 0 Å². The van der Waals surface area contributed by atoms with Crippen LogP contribution in [0.15, 0.2) is 40.9 Å². The van der Waals surface area contributed by atoms with E-state index < -0.39 is 0 Å². The number of aromatic nitrogens is 2. The number of fused-ring (bicyclic) bond motifs is 2. The molecule has 3 atom stereocenters. The van der Waals surface area contributed by atoms with Crippen molar-refractivity contribution >= 4 is 5.57 Å². The van der Waals surface area contributed by atoms with Gasteiger partial charge in [0.25, 0.3) is 0 Å². The van der Waals surface area contributed by atoms with Crippen LogP contribution in [-0.2, 0) is 11.3 Å². The van der Waals surface area contributed by atoms with Gasteiger partial charge in [-0.2, -0.15) is 4.98 Å². The summed E-state index contributed by atoms with van der Waals surface area (Å²) in [4.78, 5) is 7.02. The van der Waals surface area contributed by atoms with Crippen LogP contribution in [0.3, 0.4) is 0 Å². The zero-order chi connectivity index (χ0) is 16.5. The number of rotatable bonds is 5. The van der Waals surface area contributed by atoms with Gasteiger partial charge in [-0.3, -0.25) is 4.90 Å². The molecule has 24 heavy (non-hydrogen) atoms. The Bertz CT molecular complexity index is 725. The van der Waals surface area contributed by atoms with E-state index in [1.165, 1.54) is 24.0 Å². The standard InChI is InChI=1S/C19H23N3O2/c1-13(19-20-18(12-23-2)21-24-19)22-16-8-9-17(22)11-15(10-16)14-6-4-3-5-7-14/h3-7,10,13,16-17H,8-9,11-12H2,1-2H3. The van der Waals surface area contributed by atoms with Crippen molar-refractivity contribution in [3.63, 3.8) is 0 Å². The van der Waals surface area contributed by atoms with Gasteiger partial charge in [-0.15, -0.1) is 0 Å². The maximum Gasteiger partial charge on any atom is 0.243 e. The average Bonchev–Trinajstić information content (AvgIpc) is 3.18. The highest BCUT2D eigenvalue weighted by atomic mass is 16.5. The minimum Gasteiger partial charge on any atom is -0.377 e. The third-order valence-corrected chi connectivity index (χ3v) is 5.16. The summed E-state index contributed by atoms with van der Waals surface area (Å²) in [7, 11) is 1.64. The number of hydrogen-bond acceptors (Lipinski definition) is 5. The maximum absolute atomic E-state index is 5.46. The van der Waals surface area contributed by atoms with Crippen LogP contribution in [-0.4, -0.2) is 34.2 Å². The van der Waals surface area contributed by atoms with Gasteiger partial charge in [0.15, 0.2) is 5.82 Å². The van der Waals surface area contributed by atoms with E-state index in [2.05, 4.69) is 58.4 Å². The van der Waals surface area contributed by atoms with Crippen molar-refractivity contribution in [1.29, 1.82) is 0 Å². The van der Waals surface area contributed by atoms with Gasteiger partial charge in [-0.1, -0.05) is 41.6 Å². The summed E-state index contributed by atoms with van der Waals surface area (Å²) < 4.78 is 10.5. The highest BCUT2D eigenvalue weighted by molar-refractivity contribution is 5.68. The molecule has 2 aromatic rings. The fraction of sp³-hybridized carbons (Fsp3) is 0.474. The number of nitrogens with zero attached hydrogens (tertiary/aromatic N) is 3. The van der Waals surface area contributed by atoms with Crippen molar-refractivity contribution in [1.82, 2.24) is 15.0 Å². The van der Waals surface area contributed by atoms with E-state index in [0.29, 0.717) is 30.4 Å². The fourth-order valence-electron chi connectivity index (χ4n) is 4.09. The highest BCUT2D eigenvalue weighted by Crippen LogP contribution is 2.42. The Labute approximate surface area is 142 Å². The summed E-state index contributed by atoms with van der Waals surface area (Å²) in [5.74, 6) is 1.31. The normalized spacial score (nSPS) is 24.8. The van der Waals surface area contributed by atoms with Gasteiger partial charge < -0.3 is 9.26 Å². The Balaban J connectivity index is 1.56. The van der Waals surface area contributed by atoms with Gasteiger partial charge in [0.1, 0.15) is 6.61 Å². The van der Waals surface area contributed by atoms with Crippen LogP contribution in [0.25, 0.3) is 5.57 Å². The average molecular weight is 325 g/mol. The van der Waals surface area contributed by atoms with E-state index >= 15 is 0 Å². The molecule has 2 aliphatic rings. The molecule has 2 aliphatic heterocycles. The lowest BCUT2D eigenvalue weighted by Crippen LogP contribution is -2.40. The van der Waals surface area contributed by atoms with Gasteiger partial charge >= 0.3 is 0 Å². The van der Waals surface area contributed by atoms with Gasteiger partial charge in [0.05, 0.1) is 6.04 Å². The molecule has 1 aromatic heterocycles. The molecule has 5 heteroatoms. The lowest BCUT2D eigenvalue weighted by atomic mass is 9.94. The molecule has 1 fully saturated rings. The maximum atomic E-state index is 5.46. The molecule has 5 nitrogen and oxygen atoms in total. The molecule has 4 rings (SSSR count). The monoisotopic (exact) mass is 325 g/mol.